The molecule has 1 aromatic rings. The number of nitrogens with zero attached hydrogens (tertiary/aromatic N) is 2. The van der Waals surface area contributed by atoms with Crippen molar-refractivity contribution in [3.05, 3.63) is 17.5 Å². The SMILES string of the molecule is CCc1cc(CC2CCCCNC2=O)n(CC)n1. The van der Waals surface area contributed by atoms with Gasteiger partial charge in [0.05, 0.1) is 5.69 Å². The number of nitrogens with one attached hydrogen (secondary N) is 1. The average molecular weight is 249 g/mol. The molecule has 1 fully saturated rings. The minimum atomic E-state index is 0.124. The van der Waals surface area contributed by atoms with E-state index >= 15 is 0 Å². The van der Waals surface area contributed by atoms with Crippen molar-refractivity contribution < 1.29 is 4.79 Å². The van der Waals surface area contributed by atoms with Gasteiger partial charge in [0.2, 0.25) is 5.91 Å². The molecule has 0 saturated carbocycles. The van der Waals surface area contributed by atoms with Crippen LogP contribution in [0, 0.1) is 5.92 Å². The Kier molecular flexibility index (Phi) is 4.39. The second kappa shape index (κ2) is 6.03. The molecule has 1 amide bonds. The number of carbonyl (C=O) groups excluding carboxylic acids is 1. The van der Waals surface area contributed by atoms with E-state index in [0.29, 0.717) is 0 Å². The van der Waals surface area contributed by atoms with Crippen molar-refractivity contribution >= 4 is 5.91 Å². The van der Waals surface area contributed by atoms with Gasteiger partial charge in [-0.15, -0.1) is 0 Å². The number of aryl methyl sites for hydroxylation is 2. The molecule has 1 atom stereocenters. The Morgan fingerprint density at radius 1 is 1.44 bits per heavy atom. The van der Waals surface area contributed by atoms with Crippen molar-refractivity contribution in [2.45, 2.75) is 52.5 Å². The maximum atomic E-state index is 12.0. The minimum absolute atomic E-state index is 0.124. The van der Waals surface area contributed by atoms with Gasteiger partial charge in [-0.1, -0.05) is 13.3 Å². The molecular weight excluding hydrogens is 226 g/mol. The van der Waals surface area contributed by atoms with Crippen LogP contribution in [0.2, 0.25) is 0 Å². The maximum Gasteiger partial charge on any atom is 0.223 e. The molecule has 2 rings (SSSR count). The lowest BCUT2D eigenvalue weighted by atomic mass is 9.97. The van der Waals surface area contributed by atoms with Crippen molar-refractivity contribution in [1.29, 1.82) is 0 Å². The Hall–Kier alpha value is -1.32. The Morgan fingerprint density at radius 3 is 3.00 bits per heavy atom. The summed E-state index contributed by atoms with van der Waals surface area (Å²) in [6.45, 7) is 5.93. The molecule has 4 heteroatoms. The van der Waals surface area contributed by atoms with E-state index in [1.54, 1.807) is 0 Å². The zero-order valence-electron chi connectivity index (χ0n) is 11.4. The molecule has 18 heavy (non-hydrogen) atoms. The average Bonchev–Trinajstić information content (AvgIpc) is 2.67. The lowest BCUT2D eigenvalue weighted by Crippen LogP contribution is -2.30. The van der Waals surface area contributed by atoms with Gasteiger partial charge in [-0.2, -0.15) is 5.10 Å². The van der Waals surface area contributed by atoms with Crippen molar-refractivity contribution in [2.75, 3.05) is 6.54 Å². The zero-order valence-corrected chi connectivity index (χ0v) is 11.4. The molecule has 0 aromatic carbocycles. The molecule has 1 aliphatic heterocycles. The Labute approximate surface area is 109 Å². The quantitative estimate of drug-likeness (QED) is 0.886. The van der Waals surface area contributed by atoms with Crippen LogP contribution in [0.4, 0.5) is 0 Å². The topological polar surface area (TPSA) is 46.9 Å². The lowest BCUT2D eigenvalue weighted by molar-refractivity contribution is -0.124. The van der Waals surface area contributed by atoms with Crippen molar-refractivity contribution in [3.8, 4) is 0 Å². The van der Waals surface area contributed by atoms with Crippen molar-refractivity contribution in [1.82, 2.24) is 15.1 Å². The van der Waals surface area contributed by atoms with Crippen LogP contribution in [0.3, 0.4) is 0 Å². The summed E-state index contributed by atoms with van der Waals surface area (Å²) in [5, 5.41) is 7.55. The first-order valence-electron chi connectivity index (χ1n) is 7.07. The standard InChI is InChI=1S/C14H23N3O/c1-3-12-10-13(17(4-2)16-12)9-11-7-5-6-8-15-14(11)18/h10-11H,3-9H2,1-2H3,(H,15,18). The number of hydrogen-bond donors (Lipinski definition) is 1. The van der Waals surface area contributed by atoms with E-state index in [0.717, 1.165) is 50.9 Å². The van der Waals surface area contributed by atoms with E-state index in [-0.39, 0.29) is 11.8 Å². The van der Waals surface area contributed by atoms with E-state index in [1.165, 1.54) is 5.69 Å². The number of aromatic nitrogens is 2. The summed E-state index contributed by atoms with van der Waals surface area (Å²) in [5.41, 5.74) is 2.33. The molecule has 1 aromatic heterocycles. The molecule has 1 N–H and O–H groups in total. The highest BCUT2D eigenvalue weighted by atomic mass is 16.1. The molecule has 4 nitrogen and oxygen atoms in total. The molecule has 0 bridgehead atoms. The van der Waals surface area contributed by atoms with Crippen LogP contribution in [-0.2, 0) is 24.2 Å². The minimum Gasteiger partial charge on any atom is -0.356 e. The predicted molar refractivity (Wildman–Crippen MR) is 71.3 cm³/mol. The van der Waals surface area contributed by atoms with Crippen LogP contribution in [0.5, 0.6) is 0 Å². The Bertz CT molecular complexity index is 411. The molecule has 1 unspecified atom stereocenters. The van der Waals surface area contributed by atoms with E-state index in [4.69, 9.17) is 0 Å². The first-order chi connectivity index (χ1) is 8.74. The van der Waals surface area contributed by atoms with Gasteiger partial charge in [0.25, 0.3) is 0 Å². The lowest BCUT2D eigenvalue weighted by Gasteiger charge is -2.13. The summed E-state index contributed by atoms with van der Waals surface area (Å²) in [6, 6.07) is 2.15. The van der Waals surface area contributed by atoms with Gasteiger partial charge in [-0.3, -0.25) is 9.48 Å². The van der Waals surface area contributed by atoms with Gasteiger partial charge in [0.15, 0.2) is 0 Å². The van der Waals surface area contributed by atoms with Crippen LogP contribution < -0.4 is 5.32 Å². The summed E-state index contributed by atoms with van der Waals surface area (Å²) in [6.07, 6.45) is 5.03. The molecule has 0 radical (unpaired) electrons. The highest BCUT2D eigenvalue weighted by Crippen LogP contribution is 2.19. The molecule has 100 valence electrons. The largest absolute Gasteiger partial charge is 0.356 e. The zero-order chi connectivity index (χ0) is 13.0. The summed E-state index contributed by atoms with van der Waals surface area (Å²) in [5.74, 6) is 0.341. The molecule has 2 heterocycles. The number of carbonyl (C=O) groups is 1. The van der Waals surface area contributed by atoms with E-state index in [2.05, 4.69) is 30.3 Å². The second-order valence-electron chi connectivity index (χ2n) is 4.98. The van der Waals surface area contributed by atoms with Crippen LogP contribution in [-0.4, -0.2) is 22.2 Å². The normalized spacial score (nSPS) is 20.6. The van der Waals surface area contributed by atoms with Gasteiger partial charge in [-0.25, -0.2) is 0 Å². The fourth-order valence-corrected chi connectivity index (χ4v) is 2.58. The monoisotopic (exact) mass is 249 g/mol. The first kappa shape index (κ1) is 13.1. The number of amides is 1. The fraction of sp³-hybridized carbons (Fsp3) is 0.714. The third-order valence-electron chi connectivity index (χ3n) is 3.68. The third kappa shape index (κ3) is 2.92. The Balaban J connectivity index is 2.11. The molecule has 0 spiro atoms. The molecule has 1 saturated heterocycles. The van der Waals surface area contributed by atoms with Crippen LogP contribution >= 0.6 is 0 Å². The highest BCUT2D eigenvalue weighted by Gasteiger charge is 2.22. The fourth-order valence-electron chi connectivity index (χ4n) is 2.58. The molecule has 1 aliphatic rings. The predicted octanol–water partition coefficient (Wildman–Crippen LogP) is 1.92. The van der Waals surface area contributed by atoms with Gasteiger partial charge in [0, 0.05) is 31.1 Å². The third-order valence-corrected chi connectivity index (χ3v) is 3.68. The number of rotatable bonds is 4. The van der Waals surface area contributed by atoms with Crippen molar-refractivity contribution in [3.63, 3.8) is 0 Å². The summed E-state index contributed by atoms with van der Waals surface area (Å²) < 4.78 is 2.04. The van der Waals surface area contributed by atoms with E-state index in [9.17, 15) is 4.79 Å². The van der Waals surface area contributed by atoms with Gasteiger partial charge in [0.1, 0.15) is 0 Å². The summed E-state index contributed by atoms with van der Waals surface area (Å²) in [4.78, 5) is 12.0. The summed E-state index contributed by atoms with van der Waals surface area (Å²) >= 11 is 0. The molecular formula is C14H23N3O. The van der Waals surface area contributed by atoms with E-state index < -0.39 is 0 Å². The second-order valence-corrected chi connectivity index (χ2v) is 4.98. The van der Waals surface area contributed by atoms with Crippen LogP contribution in [0.15, 0.2) is 6.07 Å². The van der Waals surface area contributed by atoms with Gasteiger partial charge < -0.3 is 5.32 Å². The Morgan fingerprint density at radius 2 is 2.28 bits per heavy atom. The van der Waals surface area contributed by atoms with E-state index in [1.807, 2.05) is 4.68 Å². The van der Waals surface area contributed by atoms with Crippen LogP contribution in [0.1, 0.15) is 44.5 Å². The number of hydrogen-bond acceptors (Lipinski definition) is 2. The smallest absolute Gasteiger partial charge is 0.223 e. The highest BCUT2D eigenvalue weighted by molar-refractivity contribution is 5.79. The first-order valence-corrected chi connectivity index (χ1v) is 7.07. The summed E-state index contributed by atoms with van der Waals surface area (Å²) in [7, 11) is 0. The van der Waals surface area contributed by atoms with Crippen molar-refractivity contribution in [2.24, 2.45) is 5.92 Å². The maximum absolute atomic E-state index is 12.0. The van der Waals surface area contributed by atoms with Crippen LogP contribution in [0.25, 0.3) is 0 Å². The molecule has 0 aliphatic carbocycles. The van der Waals surface area contributed by atoms with Gasteiger partial charge >= 0.3 is 0 Å². The van der Waals surface area contributed by atoms with Gasteiger partial charge in [-0.05, 0) is 32.3 Å².